The number of nitrogens with zero attached hydrogens (tertiary/aromatic N) is 3. The number of hydrogen-bond acceptors (Lipinski definition) is 5. The fourth-order valence-corrected chi connectivity index (χ4v) is 2.14. The van der Waals surface area contributed by atoms with Gasteiger partial charge in [-0.3, -0.25) is 4.79 Å². The maximum atomic E-state index is 12.4. The summed E-state index contributed by atoms with van der Waals surface area (Å²) in [5.74, 6) is 0.763. The number of amides is 1. The van der Waals surface area contributed by atoms with Crippen LogP contribution in [0.15, 0.2) is 54.7 Å². The van der Waals surface area contributed by atoms with E-state index in [1.807, 2.05) is 30.3 Å². The number of hydrogen-bond donors (Lipinski definition) is 1. The SMILES string of the molecule is COc1ccc(NC(=O)c2cnn(-c3ccccc3)n2)c(OC)c1. The minimum atomic E-state index is -0.374. The monoisotopic (exact) mass is 324 g/mol. The van der Waals surface area contributed by atoms with Crippen LogP contribution in [-0.4, -0.2) is 35.1 Å². The van der Waals surface area contributed by atoms with Gasteiger partial charge in [0.2, 0.25) is 0 Å². The number of ether oxygens (including phenoxy) is 2. The molecule has 3 aromatic rings. The van der Waals surface area contributed by atoms with Gasteiger partial charge >= 0.3 is 0 Å². The number of carbonyl (C=O) groups excluding carboxylic acids is 1. The topological polar surface area (TPSA) is 78.3 Å². The molecular weight excluding hydrogens is 308 g/mol. The largest absolute Gasteiger partial charge is 0.497 e. The van der Waals surface area contributed by atoms with Crippen LogP contribution in [0.4, 0.5) is 5.69 Å². The Balaban J connectivity index is 1.80. The normalized spacial score (nSPS) is 10.2. The van der Waals surface area contributed by atoms with Crippen molar-refractivity contribution >= 4 is 11.6 Å². The second kappa shape index (κ2) is 6.82. The third-order valence-corrected chi connectivity index (χ3v) is 3.37. The van der Waals surface area contributed by atoms with Gasteiger partial charge in [0.1, 0.15) is 11.5 Å². The van der Waals surface area contributed by atoms with E-state index in [0.29, 0.717) is 17.2 Å². The summed E-state index contributed by atoms with van der Waals surface area (Å²) >= 11 is 0. The maximum absolute atomic E-state index is 12.4. The van der Waals surface area contributed by atoms with Crippen molar-refractivity contribution in [1.29, 1.82) is 0 Å². The summed E-state index contributed by atoms with van der Waals surface area (Å²) in [5, 5.41) is 11.1. The molecule has 0 saturated carbocycles. The Morgan fingerprint density at radius 3 is 2.58 bits per heavy atom. The molecule has 122 valence electrons. The minimum absolute atomic E-state index is 0.205. The molecular formula is C17H16N4O3. The number of para-hydroxylation sites is 1. The lowest BCUT2D eigenvalue weighted by Crippen LogP contribution is -2.14. The molecule has 1 aromatic heterocycles. The highest BCUT2D eigenvalue weighted by Crippen LogP contribution is 2.29. The van der Waals surface area contributed by atoms with Crippen LogP contribution in [0.2, 0.25) is 0 Å². The number of aromatic nitrogens is 3. The average molecular weight is 324 g/mol. The third-order valence-electron chi connectivity index (χ3n) is 3.37. The van der Waals surface area contributed by atoms with Gasteiger partial charge in [0.15, 0.2) is 5.69 Å². The van der Waals surface area contributed by atoms with Gasteiger partial charge in [0.25, 0.3) is 5.91 Å². The lowest BCUT2D eigenvalue weighted by atomic mass is 10.2. The van der Waals surface area contributed by atoms with Gasteiger partial charge in [-0.25, -0.2) is 0 Å². The standard InChI is InChI=1S/C17H16N4O3/c1-23-13-8-9-14(16(10-13)24-2)19-17(22)15-11-18-21(20-15)12-6-4-3-5-7-12/h3-11H,1-2H3,(H,19,22). The second-order valence-corrected chi connectivity index (χ2v) is 4.88. The molecule has 3 rings (SSSR count). The van der Waals surface area contributed by atoms with E-state index >= 15 is 0 Å². The van der Waals surface area contributed by atoms with E-state index in [9.17, 15) is 4.79 Å². The first-order chi connectivity index (χ1) is 11.7. The van der Waals surface area contributed by atoms with Gasteiger partial charge in [-0.2, -0.15) is 9.90 Å². The molecule has 1 heterocycles. The first-order valence-electron chi connectivity index (χ1n) is 7.22. The zero-order chi connectivity index (χ0) is 16.9. The Labute approximate surface area is 138 Å². The van der Waals surface area contributed by atoms with Crippen LogP contribution in [0.25, 0.3) is 5.69 Å². The van der Waals surface area contributed by atoms with Crippen molar-refractivity contribution in [3.8, 4) is 17.2 Å². The number of rotatable bonds is 5. The summed E-state index contributed by atoms with van der Waals surface area (Å²) in [6.07, 6.45) is 1.42. The van der Waals surface area contributed by atoms with Crippen LogP contribution in [0.3, 0.4) is 0 Å². The zero-order valence-electron chi connectivity index (χ0n) is 13.3. The molecule has 7 heteroatoms. The minimum Gasteiger partial charge on any atom is -0.497 e. The van der Waals surface area contributed by atoms with Gasteiger partial charge in [0, 0.05) is 6.07 Å². The average Bonchev–Trinajstić information content (AvgIpc) is 3.13. The molecule has 0 bridgehead atoms. The molecule has 24 heavy (non-hydrogen) atoms. The van der Waals surface area contributed by atoms with Crippen molar-refractivity contribution in [1.82, 2.24) is 15.0 Å². The predicted molar refractivity (Wildman–Crippen MR) is 88.9 cm³/mol. The summed E-state index contributed by atoms with van der Waals surface area (Å²) < 4.78 is 10.4. The fourth-order valence-electron chi connectivity index (χ4n) is 2.14. The van der Waals surface area contributed by atoms with E-state index in [1.54, 1.807) is 25.3 Å². The Bertz CT molecular complexity index is 846. The Hall–Kier alpha value is -3.35. The number of anilines is 1. The van der Waals surface area contributed by atoms with Crippen molar-refractivity contribution in [2.45, 2.75) is 0 Å². The van der Waals surface area contributed by atoms with Gasteiger partial charge in [-0.05, 0) is 24.3 Å². The van der Waals surface area contributed by atoms with Gasteiger partial charge in [-0.1, -0.05) is 18.2 Å². The van der Waals surface area contributed by atoms with E-state index < -0.39 is 0 Å². The maximum Gasteiger partial charge on any atom is 0.277 e. The van der Waals surface area contributed by atoms with Crippen LogP contribution in [0, 0.1) is 0 Å². The molecule has 1 amide bonds. The van der Waals surface area contributed by atoms with Crippen LogP contribution in [0.5, 0.6) is 11.5 Å². The van der Waals surface area contributed by atoms with Crippen molar-refractivity contribution < 1.29 is 14.3 Å². The highest BCUT2D eigenvalue weighted by Gasteiger charge is 2.14. The van der Waals surface area contributed by atoms with Crippen LogP contribution in [0.1, 0.15) is 10.5 Å². The molecule has 2 aromatic carbocycles. The first-order valence-corrected chi connectivity index (χ1v) is 7.22. The number of methoxy groups -OCH3 is 2. The highest BCUT2D eigenvalue weighted by molar-refractivity contribution is 6.03. The fraction of sp³-hybridized carbons (Fsp3) is 0.118. The molecule has 0 atom stereocenters. The predicted octanol–water partition coefficient (Wildman–Crippen LogP) is 2.54. The lowest BCUT2D eigenvalue weighted by molar-refractivity contribution is 0.102. The van der Waals surface area contributed by atoms with Gasteiger partial charge < -0.3 is 14.8 Å². The molecule has 0 aliphatic rings. The molecule has 7 nitrogen and oxygen atoms in total. The van der Waals surface area contributed by atoms with E-state index in [4.69, 9.17) is 9.47 Å². The molecule has 0 aliphatic heterocycles. The van der Waals surface area contributed by atoms with E-state index in [0.717, 1.165) is 5.69 Å². The highest BCUT2D eigenvalue weighted by atomic mass is 16.5. The summed E-state index contributed by atoms with van der Waals surface area (Å²) in [6.45, 7) is 0. The Morgan fingerprint density at radius 1 is 1.08 bits per heavy atom. The quantitative estimate of drug-likeness (QED) is 0.780. The van der Waals surface area contributed by atoms with Crippen LogP contribution >= 0.6 is 0 Å². The summed E-state index contributed by atoms with van der Waals surface area (Å²) in [4.78, 5) is 13.8. The van der Waals surface area contributed by atoms with Crippen molar-refractivity contribution in [2.75, 3.05) is 19.5 Å². The summed E-state index contributed by atoms with van der Waals surface area (Å²) in [5.41, 5.74) is 1.51. The molecule has 0 aliphatic carbocycles. The van der Waals surface area contributed by atoms with E-state index in [-0.39, 0.29) is 11.6 Å². The zero-order valence-corrected chi connectivity index (χ0v) is 13.3. The van der Waals surface area contributed by atoms with E-state index in [1.165, 1.54) is 18.1 Å². The van der Waals surface area contributed by atoms with Gasteiger partial charge in [-0.15, -0.1) is 5.10 Å². The molecule has 0 spiro atoms. The summed E-state index contributed by atoms with van der Waals surface area (Å²) in [7, 11) is 3.09. The second-order valence-electron chi connectivity index (χ2n) is 4.88. The molecule has 1 N–H and O–H groups in total. The Kier molecular flexibility index (Phi) is 4.42. The van der Waals surface area contributed by atoms with Crippen molar-refractivity contribution in [3.05, 3.63) is 60.4 Å². The Morgan fingerprint density at radius 2 is 1.88 bits per heavy atom. The lowest BCUT2D eigenvalue weighted by Gasteiger charge is -2.10. The number of carbonyl (C=O) groups is 1. The smallest absolute Gasteiger partial charge is 0.277 e. The van der Waals surface area contributed by atoms with Crippen molar-refractivity contribution in [3.63, 3.8) is 0 Å². The number of nitrogens with one attached hydrogen (secondary N) is 1. The first kappa shape index (κ1) is 15.5. The van der Waals surface area contributed by atoms with Crippen molar-refractivity contribution in [2.24, 2.45) is 0 Å². The number of benzene rings is 2. The molecule has 0 unspecified atom stereocenters. The third kappa shape index (κ3) is 3.19. The van der Waals surface area contributed by atoms with E-state index in [2.05, 4.69) is 15.5 Å². The van der Waals surface area contributed by atoms with Gasteiger partial charge in [0.05, 0.1) is 31.8 Å². The molecule has 0 radical (unpaired) electrons. The summed E-state index contributed by atoms with van der Waals surface area (Å²) in [6, 6.07) is 14.5. The van der Waals surface area contributed by atoms with Crippen LogP contribution < -0.4 is 14.8 Å². The van der Waals surface area contributed by atoms with Crippen LogP contribution in [-0.2, 0) is 0 Å². The molecule has 0 saturated heterocycles. The molecule has 0 fully saturated rings.